The van der Waals surface area contributed by atoms with Gasteiger partial charge in [0.1, 0.15) is 11.3 Å². The average Bonchev–Trinajstić information content (AvgIpc) is 2.94. The molecule has 26 heavy (non-hydrogen) atoms. The Morgan fingerprint density at radius 1 is 1.31 bits per heavy atom. The van der Waals surface area contributed by atoms with Gasteiger partial charge in [0, 0.05) is 17.8 Å². The van der Waals surface area contributed by atoms with Crippen LogP contribution in [-0.4, -0.2) is 32.0 Å². The zero-order chi connectivity index (χ0) is 19.1. The van der Waals surface area contributed by atoms with Gasteiger partial charge in [0.2, 0.25) is 0 Å². The maximum absolute atomic E-state index is 12.4. The topological polar surface area (TPSA) is 76.7 Å². The molecule has 0 saturated heterocycles. The molecule has 0 fully saturated rings. The van der Waals surface area contributed by atoms with Crippen molar-refractivity contribution in [2.45, 2.75) is 26.6 Å². The largest absolute Gasteiger partial charge is 0.573 e. The SMILES string of the molecule is Cc1nc2c(C(=O)O)cnn2c(C)c1Cc1cccc(OC(F)(F)F)c1. The number of benzene rings is 1. The van der Waals surface area contributed by atoms with Crippen LogP contribution in [0.5, 0.6) is 5.75 Å². The normalized spacial score (nSPS) is 11.7. The van der Waals surface area contributed by atoms with Crippen molar-refractivity contribution in [3.63, 3.8) is 0 Å². The van der Waals surface area contributed by atoms with Crippen molar-refractivity contribution in [2.75, 3.05) is 0 Å². The Hall–Kier alpha value is -3.10. The number of fused-ring (bicyclic) bond motifs is 1. The summed E-state index contributed by atoms with van der Waals surface area (Å²) in [6, 6.07) is 5.69. The predicted molar refractivity (Wildman–Crippen MR) is 85.4 cm³/mol. The van der Waals surface area contributed by atoms with E-state index in [1.54, 1.807) is 19.9 Å². The number of hydrogen-bond acceptors (Lipinski definition) is 4. The van der Waals surface area contributed by atoms with Crippen molar-refractivity contribution in [1.82, 2.24) is 14.6 Å². The second-order valence-electron chi connectivity index (χ2n) is 5.73. The van der Waals surface area contributed by atoms with Crippen LogP contribution in [0.4, 0.5) is 13.2 Å². The van der Waals surface area contributed by atoms with Gasteiger partial charge in [-0.2, -0.15) is 5.10 Å². The summed E-state index contributed by atoms with van der Waals surface area (Å²) in [6.45, 7) is 3.47. The number of aromatic nitrogens is 3. The Labute approximate surface area is 145 Å². The van der Waals surface area contributed by atoms with Gasteiger partial charge in [-0.15, -0.1) is 13.2 Å². The fourth-order valence-corrected chi connectivity index (χ4v) is 2.77. The first-order chi connectivity index (χ1) is 12.2. The maximum atomic E-state index is 12.4. The zero-order valence-electron chi connectivity index (χ0n) is 13.8. The van der Waals surface area contributed by atoms with Gasteiger partial charge in [-0.25, -0.2) is 14.3 Å². The number of aromatic carboxylic acids is 1. The molecule has 136 valence electrons. The van der Waals surface area contributed by atoms with E-state index in [-0.39, 0.29) is 17.0 Å². The number of nitrogens with zero attached hydrogens (tertiary/aromatic N) is 3. The molecule has 3 rings (SSSR count). The van der Waals surface area contributed by atoms with Crippen LogP contribution in [0.15, 0.2) is 30.5 Å². The molecule has 6 nitrogen and oxygen atoms in total. The van der Waals surface area contributed by atoms with Crippen molar-refractivity contribution in [1.29, 1.82) is 0 Å². The Morgan fingerprint density at radius 2 is 2.04 bits per heavy atom. The van der Waals surface area contributed by atoms with Crippen LogP contribution >= 0.6 is 0 Å². The first kappa shape index (κ1) is 17.7. The minimum Gasteiger partial charge on any atom is -0.477 e. The van der Waals surface area contributed by atoms with Gasteiger partial charge in [-0.05, 0) is 37.1 Å². The van der Waals surface area contributed by atoms with E-state index in [1.165, 1.54) is 28.9 Å². The first-order valence-corrected chi connectivity index (χ1v) is 7.57. The lowest BCUT2D eigenvalue weighted by Gasteiger charge is -2.13. The Morgan fingerprint density at radius 3 is 2.69 bits per heavy atom. The van der Waals surface area contributed by atoms with Gasteiger partial charge in [-0.1, -0.05) is 12.1 Å². The van der Waals surface area contributed by atoms with Crippen LogP contribution in [0.3, 0.4) is 0 Å². The summed E-state index contributed by atoms with van der Waals surface area (Å²) in [7, 11) is 0. The van der Waals surface area contributed by atoms with E-state index in [2.05, 4.69) is 14.8 Å². The van der Waals surface area contributed by atoms with Crippen molar-refractivity contribution >= 4 is 11.6 Å². The fourth-order valence-electron chi connectivity index (χ4n) is 2.77. The lowest BCUT2D eigenvalue weighted by Crippen LogP contribution is -2.17. The van der Waals surface area contributed by atoms with Crippen LogP contribution < -0.4 is 4.74 Å². The van der Waals surface area contributed by atoms with Crippen molar-refractivity contribution < 1.29 is 27.8 Å². The fraction of sp³-hybridized carbons (Fsp3) is 0.235. The number of alkyl halides is 3. The number of rotatable bonds is 4. The van der Waals surface area contributed by atoms with Gasteiger partial charge in [0.15, 0.2) is 5.65 Å². The van der Waals surface area contributed by atoms with Crippen LogP contribution in [0.1, 0.15) is 32.9 Å². The summed E-state index contributed by atoms with van der Waals surface area (Å²) in [6.07, 6.45) is -3.23. The molecule has 0 atom stereocenters. The molecule has 0 bridgehead atoms. The van der Waals surface area contributed by atoms with Gasteiger partial charge in [0.05, 0.1) is 6.20 Å². The highest BCUT2D eigenvalue weighted by Crippen LogP contribution is 2.26. The summed E-state index contributed by atoms with van der Waals surface area (Å²) < 4.78 is 42.5. The Balaban J connectivity index is 1.99. The molecule has 0 spiro atoms. The van der Waals surface area contributed by atoms with Gasteiger partial charge in [0.25, 0.3) is 0 Å². The number of halogens is 3. The highest BCUT2D eigenvalue weighted by atomic mass is 19.4. The van der Waals surface area contributed by atoms with Gasteiger partial charge < -0.3 is 9.84 Å². The van der Waals surface area contributed by atoms with Crippen molar-refractivity contribution in [3.05, 3.63) is 58.5 Å². The van der Waals surface area contributed by atoms with Gasteiger partial charge in [-0.3, -0.25) is 0 Å². The molecule has 0 aliphatic carbocycles. The molecule has 2 aromatic heterocycles. The number of carbonyl (C=O) groups is 1. The minimum absolute atomic E-state index is 0.0108. The molecule has 0 radical (unpaired) electrons. The molecule has 1 N–H and O–H groups in total. The molecule has 1 aromatic carbocycles. The lowest BCUT2D eigenvalue weighted by atomic mass is 10.0. The number of aryl methyl sites for hydroxylation is 2. The number of carboxylic acid groups (broad SMARTS) is 1. The van der Waals surface area contributed by atoms with Crippen molar-refractivity contribution in [2.24, 2.45) is 0 Å². The molecule has 9 heteroatoms. The number of hydrogen-bond donors (Lipinski definition) is 1. The molecule has 0 aliphatic heterocycles. The van der Waals surface area contributed by atoms with E-state index >= 15 is 0 Å². The van der Waals surface area contributed by atoms with E-state index < -0.39 is 12.3 Å². The molecular formula is C17H14F3N3O3. The van der Waals surface area contributed by atoms with E-state index in [1.807, 2.05) is 0 Å². The molecule has 0 saturated carbocycles. The van der Waals surface area contributed by atoms with Crippen molar-refractivity contribution in [3.8, 4) is 5.75 Å². The Bertz CT molecular complexity index is 996. The molecular weight excluding hydrogens is 351 g/mol. The molecule has 3 aromatic rings. The summed E-state index contributed by atoms with van der Waals surface area (Å²) in [5.41, 5.74) is 2.82. The highest BCUT2D eigenvalue weighted by Gasteiger charge is 2.31. The second-order valence-corrected chi connectivity index (χ2v) is 5.73. The van der Waals surface area contributed by atoms with Crippen LogP contribution in [0.25, 0.3) is 5.65 Å². The third-order valence-corrected chi connectivity index (χ3v) is 3.95. The van der Waals surface area contributed by atoms with Gasteiger partial charge >= 0.3 is 12.3 Å². The average molecular weight is 365 g/mol. The predicted octanol–water partition coefficient (Wildman–Crippen LogP) is 3.53. The summed E-state index contributed by atoms with van der Waals surface area (Å²) in [5, 5.41) is 13.2. The van der Waals surface area contributed by atoms with Crippen LogP contribution in [0, 0.1) is 13.8 Å². The zero-order valence-corrected chi connectivity index (χ0v) is 13.8. The third kappa shape index (κ3) is 3.46. The molecule has 0 unspecified atom stereocenters. The summed E-state index contributed by atoms with van der Waals surface area (Å²) in [4.78, 5) is 15.5. The van der Waals surface area contributed by atoms with E-state index in [0.29, 0.717) is 23.4 Å². The molecule has 0 amide bonds. The van der Waals surface area contributed by atoms with Crippen LogP contribution in [0.2, 0.25) is 0 Å². The standard InChI is InChI=1S/C17H14F3N3O3/c1-9-13(7-11-4-3-5-12(6-11)26-17(18,19)20)10(2)23-15(22-9)14(8-21-23)16(24)25/h3-6,8H,7H2,1-2H3,(H,24,25). The second kappa shape index (κ2) is 6.32. The third-order valence-electron chi connectivity index (χ3n) is 3.95. The minimum atomic E-state index is -4.76. The van der Waals surface area contributed by atoms with E-state index in [4.69, 9.17) is 0 Å². The maximum Gasteiger partial charge on any atom is 0.573 e. The smallest absolute Gasteiger partial charge is 0.477 e. The number of ether oxygens (including phenoxy) is 1. The summed E-state index contributed by atoms with van der Waals surface area (Å²) >= 11 is 0. The Kier molecular flexibility index (Phi) is 4.31. The van der Waals surface area contributed by atoms with E-state index in [9.17, 15) is 23.1 Å². The number of carboxylic acids is 1. The molecule has 0 aliphatic rings. The lowest BCUT2D eigenvalue weighted by molar-refractivity contribution is -0.274. The van der Waals surface area contributed by atoms with E-state index in [0.717, 1.165) is 5.56 Å². The summed E-state index contributed by atoms with van der Waals surface area (Å²) in [5.74, 6) is -1.43. The highest BCUT2D eigenvalue weighted by molar-refractivity contribution is 5.94. The van der Waals surface area contributed by atoms with Crippen LogP contribution in [-0.2, 0) is 6.42 Å². The monoisotopic (exact) mass is 365 g/mol. The quantitative estimate of drug-likeness (QED) is 0.765. The first-order valence-electron chi connectivity index (χ1n) is 7.57. The molecule has 2 heterocycles.